The Labute approximate surface area is 158 Å². The fourth-order valence-electron chi connectivity index (χ4n) is 3.50. The lowest BCUT2D eigenvalue weighted by Crippen LogP contribution is -2.23. The number of nitrogens with one attached hydrogen (secondary N) is 2. The number of anilines is 1. The van der Waals surface area contributed by atoms with E-state index in [1.165, 1.54) is 5.56 Å². The Bertz CT molecular complexity index is 1060. The maximum absolute atomic E-state index is 12.5. The van der Waals surface area contributed by atoms with E-state index in [9.17, 15) is 9.59 Å². The summed E-state index contributed by atoms with van der Waals surface area (Å²) in [5.41, 5.74) is 4.42. The van der Waals surface area contributed by atoms with Crippen LogP contribution in [0.5, 0.6) is 0 Å². The molecule has 0 fully saturated rings. The molecule has 1 heterocycles. The van der Waals surface area contributed by atoms with Gasteiger partial charge in [0.25, 0.3) is 11.8 Å². The first-order chi connectivity index (χ1) is 12.8. The topological polar surface area (TPSA) is 58.2 Å². The van der Waals surface area contributed by atoms with Crippen molar-refractivity contribution in [1.29, 1.82) is 0 Å². The van der Waals surface area contributed by atoms with Crippen LogP contribution in [0.25, 0.3) is 10.8 Å². The molecule has 136 valence electrons. The third-order valence-electron chi connectivity index (χ3n) is 5.08. The highest BCUT2D eigenvalue weighted by atomic mass is 16.2. The summed E-state index contributed by atoms with van der Waals surface area (Å²) in [7, 11) is 0. The molecule has 2 N–H and O–H groups in total. The maximum atomic E-state index is 12.5. The van der Waals surface area contributed by atoms with Crippen molar-refractivity contribution >= 4 is 28.3 Å². The summed E-state index contributed by atoms with van der Waals surface area (Å²) < 4.78 is 0. The predicted octanol–water partition coefficient (Wildman–Crippen LogP) is 4.63. The Morgan fingerprint density at radius 1 is 1.00 bits per heavy atom. The molecule has 27 heavy (non-hydrogen) atoms. The second-order valence-electron chi connectivity index (χ2n) is 7.96. The lowest BCUT2D eigenvalue weighted by molar-refractivity contribution is 0.0950. The quantitative estimate of drug-likeness (QED) is 0.717. The monoisotopic (exact) mass is 358 g/mol. The minimum Gasteiger partial charge on any atom is -0.348 e. The molecule has 0 aromatic heterocycles. The van der Waals surface area contributed by atoms with Crippen molar-refractivity contribution in [2.45, 2.75) is 32.7 Å². The number of amides is 2. The zero-order chi connectivity index (χ0) is 19.2. The van der Waals surface area contributed by atoms with Gasteiger partial charge in [-0.05, 0) is 46.2 Å². The zero-order valence-corrected chi connectivity index (χ0v) is 15.7. The van der Waals surface area contributed by atoms with Crippen molar-refractivity contribution in [3.05, 3.63) is 76.9 Å². The summed E-state index contributed by atoms with van der Waals surface area (Å²) in [6.45, 7) is 6.86. The summed E-state index contributed by atoms with van der Waals surface area (Å²) in [5.74, 6) is -0.177. The molecule has 0 saturated heterocycles. The summed E-state index contributed by atoms with van der Waals surface area (Å²) in [6.07, 6.45) is 0. The second kappa shape index (κ2) is 6.23. The predicted molar refractivity (Wildman–Crippen MR) is 108 cm³/mol. The Balaban J connectivity index is 1.55. The highest BCUT2D eigenvalue weighted by Crippen LogP contribution is 2.34. The molecule has 0 unspecified atom stereocenters. The molecular formula is C23H22N2O2. The summed E-state index contributed by atoms with van der Waals surface area (Å²) in [6, 6.07) is 17.3. The van der Waals surface area contributed by atoms with E-state index in [1.807, 2.05) is 54.6 Å². The molecular weight excluding hydrogens is 336 g/mol. The van der Waals surface area contributed by atoms with Crippen LogP contribution in [0.15, 0.2) is 54.6 Å². The van der Waals surface area contributed by atoms with Gasteiger partial charge in [0.2, 0.25) is 0 Å². The van der Waals surface area contributed by atoms with Crippen LogP contribution in [0.4, 0.5) is 5.69 Å². The number of carbonyl (C=O) groups is 2. The van der Waals surface area contributed by atoms with E-state index in [2.05, 4.69) is 31.4 Å². The molecule has 0 radical (unpaired) electrons. The zero-order valence-electron chi connectivity index (χ0n) is 15.7. The smallest absolute Gasteiger partial charge is 0.256 e. The van der Waals surface area contributed by atoms with E-state index in [-0.39, 0.29) is 17.2 Å². The number of rotatable bonds is 3. The molecule has 0 saturated carbocycles. The first-order valence-electron chi connectivity index (χ1n) is 9.09. The van der Waals surface area contributed by atoms with Crippen molar-refractivity contribution < 1.29 is 9.59 Å². The third-order valence-corrected chi connectivity index (χ3v) is 5.08. The fraction of sp³-hybridized carbons (Fsp3) is 0.217. The summed E-state index contributed by atoms with van der Waals surface area (Å²) in [4.78, 5) is 24.6. The SMILES string of the molecule is CC(C)(C)c1ccc(C(=O)NCc2ccc3c4c(cccc24)C(=O)N3)cc1. The second-order valence-corrected chi connectivity index (χ2v) is 7.96. The fourth-order valence-corrected chi connectivity index (χ4v) is 3.50. The molecule has 3 aromatic rings. The molecule has 0 aliphatic carbocycles. The van der Waals surface area contributed by atoms with Crippen LogP contribution < -0.4 is 10.6 Å². The van der Waals surface area contributed by atoms with E-state index < -0.39 is 0 Å². The van der Waals surface area contributed by atoms with E-state index in [1.54, 1.807) is 0 Å². The third kappa shape index (κ3) is 3.08. The molecule has 4 nitrogen and oxygen atoms in total. The molecule has 0 atom stereocenters. The van der Waals surface area contributed by atoms with Crippen molar-refractivity contribution in [2.75, 3.05) is 5.32 Å². The molecule has 2 amide bonds. The molecule has 3 aromatic carbocycles. The molecule has 1 aliphatic rings. The Morgan fingerprint density at radius 2 is 1.74 bits per heavy atom. The van der Waals surface area contributed by atoms with Gasteiger partial charge < -0.3 is 10.6 Å². The molecule has 1 aliphatic heterocycles. The van der Waals surface area contributed by atoms with Gasteiger partial charge in [-0.1, -0.05) is 51.1 Å². The average molecular weight is 358 g/mol. The van der Waals surface area contributed by atoms with Gasteiger partial charge in [-0.3, -0.25) is 9.59 Å². The van der Waals surface area contributed by atoms with Crippen molar-refractivity contribution in [1.82, 2.24) is 5.32 Å². The van der Waals surface area contributed by atoms with Crippen LogP contribution >= 0.6 is 0 Å². The average Bonchev–Trinajstić information content (AvgIpc) is 2.98. The molecule has 0 spiro atoms. The van der Waals surface area contributed by atoms with Gasteiger partial charge in [0, 0.05) is 28.7 Å². The number of hydrogen-bond donors (Lipinski definition) is 2. The van der Waals surface area contributed by atoms with E-state index in [4.69, 9.17) is 0 Å². The lowest BCUT2D eigenvalue weighted by atomic mass is 9.87. The van der Waals surface area contributed by atoms with E-state index in [0.717, 1.165) is 22.0 Å². The number of carbonyl (C=O) groups excluding carboxylic acids is 2. The van der Waals surface area contributed by atoms with E-state index in [0.29, 0.717) is 17.7 Å². The van der Waals surface area contributed by atoms with Crippen molar-refractivity contribution in [3.63, 3.8) is 0 Å². The highest BCUT2D eigenvalue weighted by molar-refractivity contribution is 6.24. The normalized spacial score (nSPS) is 12.9. The van der Waals surface area contributed by atoms with Crippen LogP contribution in [0.3, 0.4) is 0 Å². The summed E-state index contributed by atoms with van der Waals surface area (Å²) in [5, 5.41) is 7.80. The number of benzene rings is 3. The van der Waals surface area contributed by atoms with E-state index >= 15 is 0 Å². The van der Waals surface area contributed by atoms with Gasteiger partial charge in [0.1, 0.15) is 0 Å². The van der Waals surface area contributed by atoms with Crippen LogP contribution in [0.2, 0.25) is 0 Å². The Hall–Kier alpha value is -3.14. The first kappa shape index (κ1) is 17.3. The highest BCUT2D eigenvalue weighted by Gasteiger charge is 2.22. The Kier molecular flexibility index (Phi) is 3.99. The first-order valence-corrected chi connectivity index (χ1v) is 9.09. The number of hydrogen-bond acceptors (Lipinski definition) is 2. The minimum atomic E-state index is -0.104. The maximum Gasteiger partial charge on any atom is 0.256 e. The standard InChI is InChI=1S/C23H22N2O2/c1-23(2,3)16-10-7-14(8-11-16)21(26)24-13-15-9-12-19-20-17(15)5-4-6-18(20)22(27)25-19/h4-12H,13H2,1-3H3,(H,24,26)(H,25,27). The van der Waals surface area contributed by atoms with Crippen LogP contribution in [0.1, 0.15) is 52.6 Å². The molecule has 4 heteroatoms. The lowest BCUT2D eigenvalue weighted by Gasteiger charge is -2.19. The van der Waals surface area contributed by atoms with Gasteiger partial charge >= 0.3 is 0 Å². The molecule has 0 bridgehead atoms. The van der Waals surface area contributed by atoms with Crippen LogP contribution in [-0.2, 0) is 12.0 Å². The van der Waals surface area contributed by atoms with Crippen molar-refractivity contribution in [3.8, 4) is 0 Å². The van der Waals surface area contributed by atoms with Gasteiger partial charge in [-0.2, -0.15) is 0 Å². The van der Waals surface area contributed by atoms with Gasteiger partial charge in [-0.15, -0.1) is 0 Å². The molecule has 4 rings (SSSR count). The van der Waals surface area contributed by atoms with Crippen molar-refractivity contribution in [2.24, 2.45) is 0 Å². The van der Waals surface area contributed by atoms with Crippen LogP contribution in [0, 0.1) is 0 Å². The van der Waals surface area contributed by atoms with Crippen LogP contribution in [-0.4, -0.2) is 11.8 Å². The van der Waals surface area contributed by atoms with Gasteiger partial charge in [0.05, 0.1) is 0 Å². The summed E-state index contributed by atoms with van der Waals surface area (Å²) >= 11 is 0. The van der Waals surface area contributed by atoms with Gasteiger partial charge in [0.15, 0.2) is 0 Å². The largest absolute Gasteiger partial charge is 0.348 e. The Morgan fingerprint density at radius 3 is 2.44 bits per heavy atom. The van der Waals surface area contributed by atoms with Gasteiger partial charge in [-0.25, -0.2) is 0 Å². The minimum absolute atomic E-state index is 0.0606.